The maximum Gasteiger partial charge on any atom is 0.573 e. The van der Waals surface area contributed by atoms with Crippen molar-refractivity contribution in [2.75, 3.05) is 12.4 Å². The quantitative estimate of drug-likeness (QED) is 0.165. The Balaban J connectivity index is 1.50. The van der Waals surface area contributed by atoms with E-state index in [0.717, 1.165) is 23.2 Å². The van der Waals surface area contributed by atoms with Gasteiger partial charge < -0.3 is 25.6 Å². The van der Waals surface area contributed by atoms with Gasteiger partial charge in [-0.1, -0.05) is 36.4 Å². The van der Waals surface area contributed by atoms with Gasteiger partial charge in [0.1, 0.15) is 11.6 Å². The number of nitrogens with two attached hydrogens (primary N) is 1. The third-order valence-electron chi connectivity index (χ3n) is 7.80. The number of nitrogen functional groups attached to an aromatic ring is 1. The number of methoxy groups -OCH3 is 1. The number of nitrogens with one attached hydrogen (secondary N) is 2. The van der Waals surface area contributed by atoms with Gasteiger partial charge in [-0.05, 0) is 88.2 Å². The highest BCUT2D eigenvalue weighted by molar-refractivity contribution is 5.96. The molecule has 1 aliphatic carbocycles. The molecule has 1 heterocycles. The van der Waals surface area contributed by atoms with Gasteiger partial charge in [-0.3, -0.25) is 5.41 Å². The van der Waals surface area contributed by atoms with Crippen molar-refractivity contribution in [1.29, 1.82) is 5.41 Å². The summed E-state index contributed by atoms with van der Waals surface area (Å²) in [4.78, 5) is 0. The lowest BCUT2D eigenvalue weighted by Gasteiger charge is -2.39. The average molecular weight is 546 g/mol. The van der Waals surface area contributed by atoms with E-state index in [1.807, 2.05) is 30.3 Å². The van der Waals surface area contributed by atoms with E-state index in [1.165, 1.54) is 30.4 Å². The number of hydrogen-bond donors (Lipinski definition) is 4. The SMILES string of the molecule is COc1cc(C2Nc3ccc(C(=N)N)cc3C3c4ccccc4CC23)c(-c2ccc(OC(F)(F)F)cc2)cc1O. The number of hydrogen-bond acceptors (Lipinski definition) is 5. The van der Waals surface area contributed by atoms with Crippen LogP contribution in [0.1, 0.15) is 39.8 Å². The van der Waals surface area contributed by atoms with Crippen LogP contribution in [-0.4, -0.2) is 24.4 Å². The average Bonchev–Trinajstić information content (AvgIpc) is 3.32. The summed E-state index contributed by atoms with van der Waals surface area (Å²) < 4.78 is 47.7. The van der Waals surface area contributed by atoms with Gasteiger partial charge in [0.25, 0.3) is 0 Å². The molecule has 0 bridgehead atoms. The first-order valence-electron chi connectivity index (χ1n) is 12.7. The molecule has 0 radical (unpaired) electrons. The molecule has 0 fully saturated rings. The summed E-state index contributed by atoms with van der Waals surface area (Å²) >= 11 is 0. The third kappa shape index (κ3) is 4.47. The molecule has 4 aromatic rings. The van der Waals surface area contributed by atoms with Crippen LogP contribution in [0.25, 0.3) is 11.1 Å². The summed E-state index contributed by atoms with van der Waals surface area (Å²) in [5.74, 6) is -0.0307. The largest absolute Gasteiger partial charge is 0.573 e. The van der Waals surface area contributed by atoms with Gasteiger partial charge in [-0.2, -0.15) is 0 Å². The molecule has 6 nitrogen and oxygen atoms in total. The van der Waals surface area contributed by atoms with Crippen LogP contribution in [0.3, 0.4) is 0 Å². The van der Waals surface area contributed by atoms with Crippen LogP contribution < -0.4 is 20.5 Å². The Morgan fingerprint density at radius 1 is 0.975 bits per heavy atom. The molecule has 0 aromatic heterocycles. The Labute approximate surface area is 228 Å². The second-order valence-electron chi connectivity index (χ2n) is 10.1. The van der Waals surface area contributed by atoms with Gasteiger partial charge in [-0.25, -0.2) is 0 Å². The molecule has 9 heteroatoms. The van der Waals surface area contributed by atoms with E-state index in [-0.39, 0.29) is 35.2 Å². The summed E-state index contributed by atoms with van der Waals surface area (Å²) in [5.41, 5.74) is 13.0. The van der Waals surface area contributed by atoms with Crippen molar-refractivity contribution in [2.45, 2.75) is 24.7 Å². The van der Waals surface area contributed by atoms with Crippen molar-refractivity contribution in [3.8, 4) is 28.4 Å². The molecule has 204 valence electrons. The molecule has 1 aliphatic heterocycles. The highest BCUT2D eigenvalue weighted by Gasteiger charge is 2.44. The van der Waals surface area contributed by atoms with Crippen LogP contribution in [0.4, 0.5) is 18.9 Å². The summed E-state index contributed by atoms with van der Waals surface area (Å²) in [7, 11) is 1.48. The van der Waals surface area contributed by atoms with Crippen LogP contribution in [-0.2, 0) is 6.42 Å². The Morgan fingerprint density at radius 3 is 2.42 bits per heavy atom. The zero-order valence-electron chi connectivity index (χ0n) is 21.4. The number of alkyl halides is 3. The second-order valence-corrected chi connectivity index (χ2v) is 10.1. The number of phenols is 1. The smallest absolute Gasteiger partial charge is 0.504 e. The standard InChI is InChI=1S/C31H26F3N3O3/c1-39-27-15-22(21(14-26(27)38)16-6-9-19(10-7-16)40-31(32,33)34)29-24-12-17-4-2-3-5-20(17)28(24)23-13-18(30(35)36)8-11-25(23)37-29/h2-11,13-15,24,28-29,37-38H,12H2,1H3,(H3,35,36). The molecular weight excluding hydrogens is 519 g/mol. The number of rotatable bonds is 5. The summed E-state index contributed by atoms with van der Waals surface area (Å²) in [6, 6.07) is 22.7. The lowest BCUT2D eigenvalue weighted by atomic mass is 9.74. The number of ether oxygens (including phenoxy) is 2. The number of fused-ring (bicyclic) bond motifs is 5. The molecular formula is C31H26F3N3O3. The number of phenolic OH excluding ortho intramolecular Hbond substituents is 1. The Bertz CT molecular complexity index is 1620. The molecule has 4 aromatic carbocycles. The fraction of sp³-hybridized carbons (Fsp3) is 0.194. The van der Waals surface area contributed by atoms with Crippen molar-refractivity contribution >= 4 is 11.5 Å². The Kier molecular flexibility index (Phi) is 6.09. The van der Waals surface area contributed by atoms with Crippen LogP contribution in [0.5, 0.6) is 17.2 Å². The van der Waals surface area contributed by atoms with Crippen LogP contribution >= 0.6 is 0 Å². The van der Waals surface area contributed by atoms with E-state index >= 15 is 0 Å². The predicted octanol–water partition coefficient (Wildman–Crippen LogP) is 6.72. The van der Waals surface area contributed by atoms with Crippen molar-refractivity contribution in [1.82, 2.24) is 0 Å². The molecule has 6 rings (SSSR count). The minimum Gasteiger partial charge on any atom is -0.504 e. The van der Waals surface area contributed by atoms with Gasteiger partial charge in [0.05, 0.1) is 13.2 Å². The lowest BCUT2D eigenvalue weighted by molar-refractivity contribution is -0.274. The van der Waals surface area contributed by atoms with Gasteiger partial charge in [0.15, 0.2) is 11.5 Å². The normalized spacial score (nSPS) is 19.1. The molecule has 5 N–H and O–H groups in total. The fourth-order valence-corrected chi connectivity index (χ4v) is 6.13. The van der Waals surface area contributed by atoms with Crippen molar-refractivity contribution < 1.29 is 27.8 Å². The van der Waals surface area contributed by atoms with E-state index in [1.54, 1.807) is 24.3 Å². The van der Waals surface area contributed by atoms with Crippen molar-refractivity contribution in [2.24, 2.45) is 11.7 Å². The molecule has 0 amide bonds. The topological polar surface area (TPSA) is 101 Å². The zero-order valence-corrected chi connectivity index (χ0v) is 21.4. The van der Waals surface area contributed by atoms with Crippen molar-refractivity contribution in [3.05, 3.63) is 107 Å². The van der Waals surface area contributed by atoms with Crippen molar-refractivity contribution in [3.63, 3.8) is 0 Å². The third-order valence-corrected chi connectivity index (χ3v) is 7.80. The minimum absolute atomic E-state index is 0.00346. The summed E-state index contributed by atoms with van der Waals surface area (Å²) in [6.45, 7) is 0. The number of anilines is 1. The van der Waals surface area contributed by atoms with E-state index in [4.69, 9.17) is 15.9 Å². The second kappa shape index (κ2) is 9.51. The molecule has 0 saturated heterocycles. The number of aromatic hydroxyl groups is 1. The monoisotopic (exact) mass is 545 g/mol. The Hall–Kier alpha value is -4.66. The Morgan fingerprint density at radius 2 is 1.73 bits per heavy atom. The van der Waals surface area contributed by atoms with E-state index in [0.29, 0.717) is 22.4 Å². The van der Waals surface area contributed by atoms with Gasteiger partial charge in [0, 0.05) is 17.2 Å². The maximum absolute atomic E-state index is 12.7. The van der Waals surface area contributed by atoms with Crippen LogP contribution in [0.2, 0.25) is 0 Å². The van der Waals surface area contributed by atoms with Crippen LogP contribution in [0.15, 0.2) is 78.9 Å². The number of benzene rings is 4. The highest BCUT2D eigenvalue weighted by Crippen LogP contribution is 2.55. The fourth-order valence-electron chi connectivity index (χ4n) is 6.13. The van der Waals surface area contributed by atoms with Gasteiger partial charge in [0.2, 0.25) is 0 Å². The highest BCUT2D eigenvalue weighted by atomic mass is 19.4. The van der Waals surface area contributed by atoms with Gasteiger partial charge in [-0.15, -0.1) is 13.2 Å². The lowest BCUT2D eigenvalue weighted by Crippen LogP contribution is -2.31. The summed E-state index contributed by atoms with van der Waals surface area (Å²) in [5, 5.41) is 22.3. The first kappa shape index (κ1) is 25.6. The minimum atomic E-state index is -4.79. The van der Waals surface area contributed by atoms with E-state index in [2.05, 4.69) is 22.2 Å². The maximum atomic E-state index is 12.7. The molecule has 0 spiro atoms. The molecule has 40 heavy (non-hydrogen) atoms. The first-order chi connectivity index (χ1) is 19.1. The predicted molar refractivity (Wildman–Crippen MR) is 146 cm³/mol. The first-order valence-corrected chi connectivity index (χ1v) is 12.7. The number of amidine groups is 1. The summed E-state index contributed by atoms with van der Waals surface area (Å²) in [6.07, 6.45) is -4.01. The molecule has 2 aliphatic rings. The number of halogens is 3. The zero-order chi connectivity index (χ0) is 28.2. The van der Waals surface area contributed by atoms with E-state index < -0.39 is 6.36 Å². The van der Waals surface area contributed by atoms with Gasteiger partial charge >= 0.3 is 6.36 Å². The molecule has 3 atom stereocenters. The molecule has 3 unspecified atom stereocenters. The van der Waals surface area contributed by atoms with E-state index in [9.17, 15) is 18.3 Å². The van der Waals surface area contributed by atoms with Crippen LogP contribution in [0, 0.1) is 11.3 Å². The molecule has 0 saturated carbocycles.